The predicted molar refractivity (Wildman–Crippen MR) is 80.2 cm³/mol. The first-order valence-electron chi connectivity index (χ1n) is 6.80. The van der Waals surface area contributed by atoms with Gasteiger partial charge in [-0.2, -0.15) is 0 Å². The molecule has 0 aliphatic carbocycles. The van der Waals surface area contributed by atoms with E-state index < -0.39 is 12.0 Å². The molecule has 0 bridgehead atoms. The van der Waals surface area contributed by atoms with E-state index in [9.17, 15) is 9.18 Å². The summed E-state index contributed by atoms with van der Waals surface area (Å²) in [6.07, 6.45) is 3.02. The van der Waals surface area contributed by atoms with Crippen LogP contribution in [-0.4, -0.2) is 33.5 Å². The number of hydrogen-bond acceptors (Lipinski definition) is 4. The van der Waals surface area contributed by atoms with Gasteiger partial charge in [0.05, 0.1) is 5.69 Å². The Labute approximate surface area is 133 Å². The highest BCUT2D eigenvalue weighted by Gasteiger charge is 2.30. The molecule has 0 spiro atoms. The van der Waals surface area contributed by atoms with Gasteiger partial charge in [-0.3, -0.25) is 9.69 Å². The van der Waals surface area contributed by atoms with Crippen LogP contribution in [0.1, 0.15) is 18.5 Å². The number of likely N-dealkylation sites (tertiary alicyclic amines) is 1. The van der Waals surface area contributed by atoms with Crippen LogP contribution in [0.2, 0.25) is 0 Å². The summed E-state index contributed by atoms with van der Waals surface area (Å²) in [6.45, 7) is 1.16. The van der Waals surface area contributed by atoms with Crippen LogP contribution in [0.3, 0.4) is 0 Å². The summed E-state index contributed by atoms with van der Waals surface area (Å²) in [7, 11) is 0. The van der Waals surface area contributed by atoms with E-state index in [0.29, 0.717) is 30.1 Å². The second-order valence-electron chi connectivity index (χ2n) is 5.12. The van der Waals surface area contributed by atoms with E-state index in [2.05, 4.69) is 4.98 Å². The second-order valence-corrected chi connectivity index (χ2v) is 5.12. The molecule has 1 fully saturated rings. The highest BCUT2D eigenvalue weighted by molar-refractivity contribution is 5.85. The third kappa shape index (κ3) is 3.45. The molecular formula is C15H16ClFN2O3. The third-order valence-corrected chi connectivity index (χ3v) is 3.64. The number of oxazole rings is 1. The summed E-state index contributed by atoms with van der Waals surface area (Å²) < 4.78 is 18.5. The molecule has 1 aromatic heterocycles. The van der Waals surface area contributed by atoms with Gasteiger partial charge >= 0.3 is 5.97 Å². The van der Waals surface area contributed by atoms with Crippen LogP contribution in [0.4, 0.5) is 4.39 Å². The standard InChI is InChI=1S/C15H15FN2O3.ClH/c16-11-4-1-3-10(7-11)14-17-12(9-21-14)8-18-6-2-5-13(18)15(19)20;/h1,3-4,7,9,13H,2,5-6,8H2,(H,19,20);1H/t13-;/m0./s1. The number of rotatable bonds is 4. The van der Waals surface area contributed by atoms with Crippen molar-refractivity contribution in [1.82, 2.24) is 9.88 Å². The van der Waals surface area contributed by atoms with Crippen LogP contribution >= 0.6 is 12.4 Å². The zero-order valence-electron chi connectivity index (χ0n) is 11.7. The van der Waals surface area contributed by atoms with Crippen LogP contribution in [0, 0.1) is 5.82 Å². The highest BCUT2D eigenvalue weighted by Crippen LogP contribution is 2.23. The van der Waals surface area contributed by atoms with E-state index in [4.69, 9.17) is 9.52 Å². The van der Waals surface area contributed by atoms with E-state index in [0.717, 1.165) is 13.0 Å². The molecule has 2 aromatic rings. The summed E-state index contributed by atoms with van der Waals surface area (Å²) in [4.78, 5) is 17.3. The Bertz CT molecular complexity index is 662. The number of aliphatic carboxylic acids is 1. The first-order chi connectivity index (χ1) is 10.1. The van der Waals surface area contributed by atoms with Crippen molar-refractivity contribution in [2.75, 3.05) is 6.54 Å². The van der Waals surface area contributed by atoms with Gasteiger partial charge < -0.3 is 9.52 Å². The number of nitrogens with zero attached hydrogens (tertiary/aromatic N) is 2. The van der Waals surface area contributed by atoms with Gasteiger partial charge in [0.1, 0.15) is 18.1 Å². The molecule has 1 saturated heterocycles. The minimum absolute atomic E-state index is 0. The Kier molecular flexibility index (Phi) is 5.15. The molecule has 0 unspecified atom stereocenters. The van der Waals surface area contributed by atoms with Gasteiger partial charge in [-0.15, -0.1) is 12.4 Å². The van der Waals surface area contributed by atoms with Crippen molar-refractivity contribution in [2.45, 2.75) is 25.4 Å². The van der Waals surface area contributed by atoms with Gasteiger partial charge in [0, 0.05) is 12.1 Å². The zero-order valence-corrected chi connectivity index (χ0v) is 12.6. The Balaban J connectivity index is 0.00000176. The normalized spacial score (nSPS) is 18.1. The Morgan fingerprint density at radius 1 is 1.50 bits per heavy atom. The lowest BCUT2D eigenvalue weighted by atomic mass is 10.2. The molecular weight excluding hydrogens is 311 g/mol. The molecule has 1 aliphatic rings. The topological polar surface area (TPSA) is 66.6 Å². The lowest BCUT2D eigenvalue weighted by Crippen LogP contribution is -2.35. The second kappa shape index (κ2) is 6.89. The SMILES string of the molecule is Cl.O=C(O)[C@@H]1CCCN1Cc1coc(-c2cccc(F)c2)n1. The van der Waals surface area contributed by atoms with Crippen LogP contribution < -0.4 is 0 Å². The zero-order chi connectivity index (χ0) is 14.8. The summed E-state index contributed by atoms with van der Waals surface area (Å²) in [6, 6.07) is 5.56. The average Bonchev–Trinajstić information content (AvgIpc) is 3.08. The van der Waals surface area contributed by atoms with Crippen LogP contribution in [-0.2, 0) is 11.3 Å². The van der Waals surface area contributed by atoms with Crippen molar-refractivity contribution in [2.24, 2.45) is 0 Å². The quantitative estimate of drug-likeness (QED) is 0.935. The van der Waals surface area contributed by atoms with Gasteiger partial charge in [-0.25, -0.2) is 9.37 Å². The van der Waals surface area contributed by atoms with Gasteiger partial charge in [0.25, 0.3) is 0 Å². The van der Waals surface area contributed by atoms with Crippen molar-refractivity contribution >= 4 is 18.4 Å². The number of halogens is 2. The number of benzene rings is 1. The molecule has 3 rings (SSSR count). The number of carboxylic acid groups (broad SMARTS) is 1. The molecule has 1 aliphatic heterocycles. The molecule has 1 aromatic carbocycles. The third-order valence-electron chi connectivity index (χ3n) is 3.64. The molecule has 1 atom stereocenters. The van der Waals surface area contributed by atoms with Crippen molar-refractivity contribution < 1.29 is 18.7 Å². The Morgan fingerprint density at radius 3 is 3.05 bits per heavy atom. The lowest BCUT2D eigenvalue weighted by Gasteiger charge is -2.19. The highest BCUT2D eigenvalue weighted by atomic mass is 35.5. The number of carbonyl (C=O) groups is 1. The fraction of sp³-hybridized carbons (Fsp3) is 0.333. The summed E-state index contributed by atoms with van der Waals surface area (Å²) in [5.41, 5.74) is 1.22. The molecule has 0 saturated carbocycles. The van der Waals surface area contributed by atoms with Gasteiger partial charge in [0.15, 0.2) is 0 Å². The molecule has 0 radical (unpaired) electrons. The molecule has 0 amide bonds. The molecule has 5 nitrogen and oxygen atoms in total. The maximum absolute atomic E-state index is 13.2. The van der Waals surface area contributed by atoms with Crippen molar-refractivity contribution in [1.29, 1.82) is 0 Å². The van der Waals surface area contributed by atoms with Crippen LogP contribution in [0.5, 0.6) is 0 Å². The molecule has 22 heavy (non-hydrogen) atoms. The number of hydrogen-bond donors (Lipinski definition) is 1. The number of carboxylic acids is 1. The molecule has 2 heterocycles. The van der Waals surface area contributed by atoms with Crippen molar-refractivity contribution in [3.8, 4) is 11.5 Å². The van der Waals surface area contributed by atoms with Crippen molar-refractivity contribution in [3.05, 3.63) is 42.0 Å². The van der Waals surface area contributed by atoms with Crippen LogP contribution in [0.25, 0.3) is 11.5 Å². The van der Waals surface area contributed by atoms with Gasteiger partial charge in [-0.05, 0) is 37.6 Å². The van der Waals surface area contributed by atoms with E-state index in [1.807, 2.05) is 4.90 Å². The van der Waals surface area contributed by atoms with Crippen molar-refractivity contribution in [3.63, 3.8) is 0 Å². The monoisotopic (exact) mass is 326 g/mol. The van der Waals surface area contributed by atoms with Gasteiger partial charge in [0.2, 0.25) is 5.89 Å². The van der Waals surface area contributed by atoms with E-state index >= 15 is 0 Å². The number of aromatic nitrogens is 1. The first-order valence-corrected chi connectivity index (χ1v) is 6.80. The predicted octanol–water partition coefficient (Wildman–Crippen LogP) is 2.95. The minimum Gasteiger partial charge on any atom is -0.480 e. The van der Waals surface area contributed by atoms with E-state index in [1.54, 1.807) is 12.1 Å². The Hall–Kier alpha value is -1.92. The maximum atomic E-state index is 13.2. The molecule has 118 valence electrons. The lowest BCUT2D eigenvalue weighted by molar-refractivity contribution is -0.142. The average molecular weight is 327 g/mol. The largest absolute Gasteiger partial charge is 0.480 e. The van der Waals surface area contributed by atoms with E-state index in [-0.39, 0.29) is 18.2 Å². The summed E-state index contributed by atoms with van der Waals surface area (Å²) in [5.74, 6) is -0.811. The maximum Gasteiger partial charge on any atom is 0.320 e. The fourth-order valence-electron chi connectivity index (χ4n) is 2.64. The molecule has 7 heteroatoms. The summed E-state index contributed by atoms with van der Waals surface area (Å²) >= 11 is 0. The van der Waals surface area contributed by atoms with Crippen LogP contribution in [0.15, 0.2) is 34.9 Å². The fourth-order valence-corrected chi connectivity index (χ4v) is 2.64. The summed E-state index contributed by atoms with van der Waals surface area (Å²) in [5, 5.41) is 9.15. The smallest absolute Gasteiger partial charge is 0.320 e. The molecule has 1 N–H and O–H groups in total. The van der Waals surface area contributed by atoms with Gasteiger partial charge in [-0.1, -0.05) is 6.07 Å². The first kappa shape index (κ1) is 16.5. The van der Waals surface area contributed by atoms with E-state index in [1.165, 1.54) is 18.4 Å². The Morgan fingerprint density at radius 2 is 2.32 bits per heavy atom. The minimum atomic E-state index is -0.804.